The maximum Gasteiger partial charge on any atom is 0.192 e. The van der Waals surface area contributed by atoms with E-state index in [1.54, 1.807) is 0 Å². The summed E-state index contributed by atoms with van der Waals surface area (Å²) in [6, 6.07) is 0. The quantitative estimate of drug-likeness (QED) is 0.236. The highest BCUT2D eigenvalue weighted by Crippen LogP contribution is 2.13. The first-order chi connectivity index (χ1) is 10.5. The van der Waals surface area contributed by atoms with Crippen molar-refractivity contribution in [2.75, 3.05) is 27.7 Å². The van der Waals surface area contributed by atoms with Crippen LogP contribution >= 0.6 is 0 Å². The predicted molar refractivity (Wildman–Crippen MR) is 99.1 cm³/mol. The van der Waals surface area contributed by atoms with E-state index in [1.807, 2.05) is 0 Å². The van der Waals surface area contributed by atoms with E-state index in [1.165, 1.54) is 77.0 Å². The number of quaternary nitrogens is 1. The molecule has 0 N–H and O–H groups in total. The zero-order chi connectivity index (χ0) is 16.7. The molecule has 0 bridgehead atoms. The van der Waals surface area contributed by atoms with Gasteiger partial charge in [-0.1, -0.05) is 84.5 Å². The molecule has 0 saturated carbocycles. The van der Waals surface area contributed by atoms with Crippen LogP contribution in [0.2, 0.25) is 0 Å². The van der Waals surface area contributed by atoms with Crippen LogP contribution in [0.4, 0.5) is 0 Å². The van der Waals surface area contributed by atoms with E-state index in [0.29, 0.717) is 6.23 Å². The van der Waals surface area contributed by atoms with Crippen LogP contribution in [0, 0.1) is 0 Å². The topological polar surface area (TPSA) is 9.23 Å². The van der Waals surface area contributed by atoms with Crippen molar-refractivity contribution in [3.05, 3.63) is 0 Å². The minimum Gasteiger partial charge on any atom is -1.00 e. The van der Waals surface area contributed by atoms with Gasteiger partial charge in [0.15, 0.2) is 6.23 Å². The lowest BCUT2D eigenvalue weighted by atomic mass is 10.1. The summed E-state index contributed by atoms with van der Waals surface area (Å²) < 4.78 is 6.93. The number of hydrogen-bond donors (Lipinski definition) is 0. The van der Waals surface area contributed by atoms with Crippen LogP contribution in [0.5, 0.6) is 0 Å². The largest absolute Gasteiger partial charge is 1.00 e. The molecule has 23 heavy (non-hydrogen) atoms. The van der Waals surface area contributed by atoms with Crippen LogP contribution in [0.15, 0.2) is 0 Å². The lowest BCUT2D eigenvalue weighted by Gasteiger charge is -2.33. The highest BCUT2D eigenvalue weighted by atomic mass is 35.5. The molecule has 0 saturated heterocycles. The van der Waals surface area contributed by atoms with E-state index in [-0.39, 0.29) is 12.4 Å². The monoisotopic (exact) mass is 349 g/mol. The third-order valence-corrected chi connectivity index (χ3v) is 4.52. The molecule has 3 heteroatoms. The van der Waals surface area contributed by atoms with Crippen molar-refractivity contribution in [3.63, 3.8) is 0 Å². The van der Waals surface area contributed by atoms with E-state index in [9.17, 15) is 0 Å². The number of rotatable bonds is 16. The Morgan fingerprint density at radius 2 is 1.04 bits per heavy atom. The van der Waals surface area contributed by atoms with Gasteiger partial charge in [-0.25, -0.2) is 0 Å². The van der Waals surface area contributed by atoms with E-state index >= 15 is 0 Å². The minimum absolute atomic E-state index is 0. The molecule has 0 aromatic carbocycles. The van der Waals surface area contributed by atoms with Crippen molar-refractivity contribution >= 4 is 0 Å². The number of hydrogen-bond acceptors (Lipinski definition) is 1. The second-order valence-electron chi connectivity index (χ2n) is 7.74. The standard InChI is InChI=1S/C20H44NO.ClH/c1-6-8-9-10-11-12-13-14-15-16-17-18-19-22-20(7-2)21(3,4)5;/h20H,6-19H2,1-5H3;1H/q+1;/p-1. The maximum absolute atomic E-state index is 6.02. The summed E-state index contributed by atoms with van der Waals surface area (Å²) in [7, 11) is 6.66. The van der Waals surface area contributed by atoms with Gasteiger partial charge in [-0.2, -0.15) is 0 Å². The molecule has 0 spiro atoms. The summed E-state index contributed by atoms with van der Waals surface area (Å²) in [5.41, 5.74) is 0. The molecular weight excluding hydrogens is 306 g/mol. The Labute approximate surface area is 153 Å². The average molecular weight is 350 g/mol. The molecule has 0 heterocycles. The van der Waals surface area contributed by atoms with Crippen LogP contribution in [0.1, 0.15) is 97.3 Å². The second-order valence-corrected chi connectivity index (χ2v) is 7.74. The van der Waals surface area contributed by atoms with E-state index in [4.69, 9.17) is 4.74 Å². The molecule has 0 rings (SSSR count). The summed E-state index contributed by atoms with van der Waals surface area (Å²) in [5.74, 6) is 0. The summed E-state index contributed by atoms with van der Waals surface area (Å²) in [6.07, 6.45) is 18.3. The minimum atomic E-state index is 0. The molecule has 0 aliphatic carbocycles. The van der Waals surface area contributed by atoms with Crippen LogP contribution in [0.25, 0.3) is 0 Å². The van der Waals surface area contributed by atoms with Crippen LogP contribution < -0.4 is 12.4 Å². The summed E-state index contributed by atoms with van der Waals surface area (Å²) >= 11 is 0. The van der Waals surface area contributed by atoms with Gasteiger partial charge in [0.25, 0.3) is 0 Å². The Morgan fingerprint density at radius 3 is 1.39 bits per heavy atom. The zero-order valence-corrected chi connectivity index (χ0v) is 17.5. The van der Waals surface area contributed by atoms with Gasteiger partial charge < -0.3 is 21.6 Å². The first kappa shape index (κ1) is 25.5. The van der Waals surface area contributed by atoms with Crippen molar-refractivity contribution in [1.82, 2.24) is 0 Å². The third kappa shape index (κ3) is 16.8. The molecule has 0 fully saturated rings. The van der Waals surface area contributed by atoms with Crippen LogP contribution in [-0.4, -0.2) is 38.5 Å². The summed E-state index contributed by atoms with van der Waals surface area (Å²) in [5, 5.41) is 0. The van der Waals surface area contributed by atoms with Crippen LogP contribution in [0.3, 0.4) is 0 Å². The molecule has 0 aliphatic heterocycles. The molecule has 0 radical (unpaired) electrons. The van der Waals surface area contributed by atoms with Crippen molar-refractivity contribution in [1.29, 1.82) is 0 Å². The van der Waals surface area contributed by atoms with Gasteiger partial charge in [0.1, 0.15) is 0 Å². The van der Waals surface area contributed by atoms with Crippen molar-refractivity contribution in [2.24, 2.45) is 0 Å². The Morgan fingerprint density at radius 1 is 0.652 bits per heavy atom. The number of ether oxygens (including phenoxy) is 1. The first-order valence-electron chi connectivity index (χ1n) is 9.95. The number of nitrogens with zero attached hydrogens (tertiary/aromatic N) is 1. The van der Waals surface area contributed by atoms with Crippen molar-refractivity contribution in [2.45, 2.75) is 104 Å². The highest BCUT2D eigenvalue weighted by Gasteiger charge is 2.21. The van der Waals surface area contributed by atoms with Crippen molar-refractivity contribution < 1.29 is 21.6 Å². The SMILES string of the molecule is CCCCCCCCCCCCCCOC(CC)[N+](C)(C)C.[Cl-]. The van der Waals surface area contributed by atoms with Crippen molar-refractivity contribution in [3.8, 4) is 0 Å². The fourth-order valence-corrected chi connectivity index (χ4v) is 3.05. The van der Waals surface area contributed by atoms with Gasteiger partial charge in [0.05, 0.1) is 27.7 Å². The van der Waals surface area contributed by atoms with Gasteiger partial charge in [0, 0.05) is 6.42 Å². The predicted octanol–water partition coefficient (Wildman–Crippen LogP) is 3.15. The zero-order valence-electron chi connectivity index (χ0n) is 16.7. The maximum atomic E-state index is 6.02. The first-order valence-corrected chi connectivity index (χ1v) is 9.95. The summed E-state index contributed by atoms with van der Waals surface area (Å²) in [4.78, 5) is 0. The second kappa shape index (κ2) is 17.0. The molecule has 0 aromatic heterocycles. The molecule has 0 amide bonds. The Hall–Kier alpha value is 0.210. The molecule has 2 nitrogen and oxygen atoms in total. The van der Waals surface area contributed by atoms with E-state index in [0.717, 1.165) is 17.5 Å². The van der Waals surface area contributed by atoms with Gasteiger partial charge in [-0.15, -0.1) is 0 Å². The Bertz CT molecular complexity index is 228. The third-order valence-electron chi connectivity index (χ3n) is 4.52. The lowest BCUT2D eigenvalue weighted by molar-refractivity contribution is -0.920. The molecule has 1 atom stereocenters. The van der Waals surface area contributed by atoms with Gasteiger partial charge in [-0.05, 0) is 6.42 Å². The highest BCUT2D eigenvalue weighted by molar-refractivity contribution is 4.49. The molecule has 1 unspecified atom stereocenters. The van der Waals surface area contributed by atoms with Crippen LogP contribution in [-0.2, 0) is 4.74 Å². The van der Waals surface area contributed by atoms with Gasteiger partial charge in [-0.3, -0.25) is 0 Å². The molecule has 0 aromatic rings. The molecule has 0 aliphatic rings. The molecule has 142 valence electrons. The lowest BCUT2D eigenvalue weighted by Crippen LogP contribution is -3.00. The number of halogens is 1. The Kier molecular flexibility index (Phi) is 18.9. The fraction of sp³-hybridized carbons (Fsp3) is 1.00. The van der Waals surface area contributed by atoms with Gasteiger partial charge in [0.2, 0.25) is 0 Å². The smallest absolute Gasteiger partial charge is 0.192 e. The average Bonchev–Trinajstić information content (AvgIpc) is 2.46. The molecular formula is C20H44ClNO. The van der Waals surface area contributed by atoms with E-state index in [2.05, 4.69) is 35.0 Å². The fourth-order valence-electron chi connectivity index (χ4n) is 3.05. The van der Waals surface area contributed by atoms with E-state index < -0.39 is 0 Å². The number of unbranched alkanes of at least 4 members (excludes halogenated alkanes) is 11. The van der Waals surface area contributed by atoms with Gasteiger partial charge >= 0.3 is 0 Å². The summed E-state index contributed by atoms with van der Waals surface area (Å²) in [6.45, 7) is 5.44. The Balaban J connectivity index is 0. The normalized spacial score (nSPS) is 12.9.